The monoisotopic (exact) mass is 288 g/mol. The third-order valence-electron chi connectivity index (χ3n) is 4.31. The topological polar surface area (TPSA) is 81.8 Å². The van der Waals surface area contributed by atoms with E-state index in [2.05, 4.69) is 5.16 Å². The first-order valence-corrected chi connectivity index (χ1v) is 6.95. The molecule has 0 saturated heterocycles. The molecule has 0 N–H and O–H groups in total. The highest BCUT2D eigenvalue weighted by Gasteiger charge is 2.59. The van der Waals surface area contributed by atoms with Gasteiger partial charge in [-0.1, -0.05) is 35.5 Å². The Balaban J connectivity index is 1.94. The van der Waals surface area contributed by atoms with E-state index in [0.717, 1.165) is 5.56 Å². The summed E-state index contributed by atoms with van der Waals surface area (Å²) < 4.78 is 0. The summed E-state index contributed by atoms with van der Waals surface area (Å²) in [5, 5.41) is 15.2. The molecule has 1 aliphatic carbocycles. The Morgan fingerprint density at radius 1 is 1.38 bits per heavy atom. The average molecular weight is 288 g/mol. The molecule has 1 saturated carbocycles. The molecule has 1 aromatic rings. The second-order valence-electron chi connectivity index (χ2n) is 5.81. The minimum Gasteiger partial charge on any atom is -0.381 e. The lowest BCUT2D eigenvalue weighted by molar-refractivity contribution is -0.523. The fraction of sp³-hybridized carbons (Fsp3) is 0.467. The van der Waals surface area contributed by atoms with E-state index in [1.165, 1.54) is 0 Å². The van der Waals surface area contributed by atoms with Crippen molar-refractivity contribution in [2.75, 3.05) is 0 Å². The number of ketones is 1. The zero-order valence-corrected chi connectivity index (χ0v) is 11.7. The van der Waals surface area contributed by atoms with Gasteiger partial charge in [0.2, 0.25) is 5.60 Å². The van der Waals surface area contributed by atoms with Crippen LogP contribution in [0.1, 0.15) is 37.7 Å². The molecule has 6 heteroatoms. The largest absolute Gasteiger partial charge is 0.381 e. The van der Waals surface area contributed by atoms with Crippen LogP contribution in [-0.4, -0.2) is 28.1 Å². The third-order valence-corrected chi connectivity index (χ3v) is 4.31. The molecule has 110 valence electrons. The molecule has 3 atom stereocenters. The second kappa shape index (κ2) is 4.95. The molecule has 1 spiro atoms. The van der Waals surface area contributed by atoms with Crippen LogP contribution >= 0.6 is 0 Å². The highest BCUT2D eigenvalue weighted by molar-refractivity contribution is 5.90. The molecule has 3 rings (SSSR count). The summed E-state index contributed by atoms with van der Waals surface area (Å²) >= 11 is 0. The molecule has 0 amide bonds. The minimum atomic E-state index is -1.12. The van der Waals surface area contributed by atoms with E-state index in [9.17, 15) is 14.9 Å². The normalized spacial score (nSPS) is 31.9. The smallest absolute Gasteiger partial charge is 0.295 e. The Hall–Kier alpha value is -2.24. The van der Waals surface area contributed by atoms with Gasteiger partial charge in [0.05, 0.1) is 6.42 Å². The van der Waals surface area contributed by atoms with Crippen molar-refractivity contribution in [2.24, 2.45) is 5.16 Å². The SMILES string of the molecule is CC1=NO[C@]2(CC(=O)C[C@@H](c3ccccc3)C2)[C@H]1[N+](=O)[O-]. The lowest BCUT2D eigenvalue weighted by Gasteiger charge is -2.35. The van der Waals surface area contributed by atoms with Crippen molar-refractivity contribution in [1.82, 2.24) is 0 Å². The van der Waals surface area contributed by atoms with E-state index in [1.807, 2.05) is 30.3 Å². The number of carbonyl (C=O) groups is 1. The summed E-state index contributed by atoms with van der Waals surface area (Å²) in [6.45, 7) is 1.58. The van der Waals surface area contributed by atoms with Gasteiger partial charge in [-0.3, -0.25) is 14.9 Å². The molecule has 1 aromatic carbocycles. The maximum absolute atomic E-state index is 12.1. The van der Waals surface area contributed by atoms with E-state index >= 15 is 0 Å². The van der Waals surface area contributed by atoms with Crippen LogP contribution in [0.5, 0.6) is 0 Å². The number of carbonyl (C=O) groups excluding carboxylic acids is 1. The predicted molar refractivity (Wildman–Crippen MR) is 75.7 cm³/mol. The number of rotatable bonds is 2. The van der Waals surface area contributed by atoms with Crippen LogP contribution in [0.15, 0.2) is 35.5 Å². The third kappa shape index (κ3) is 2.30. The molecule has 6 nitrogen and oxygen atoms in total. The minimum absolute atomic E-state index is 0.00754. The van der Waals surface area contributed by atoms with Gasteiger partial charge >= 0.3 is 0 Å². The number of oxime groups is 1. The fourth-order valence-electron chi connectivity index (χ4n) is 3.47. The van der Waals surface area contributed by atoms with Crippen molar-refractivity contribution < 1.29 is 14.6 Å². The molecule has 21 heavy (non-hydrogen) atoms. The van der Waals surface area contributed by atoms with Crippen LogP contribution in [0.3, 0.4) is 0 Å². The summed E-state index contributed by atoms with van der Waals surface area (Å²) in [6.07, 6.45) is 0.899. The average Bonchev–Trinajstić information content (AvgIpc) is 2.75. The Bertz CT molecular complexity index is 613. The molecule has 1 heterocycles. The Morgan fingerprint density at radius 3 is 2.76 bits per heavy atom. The molecular weight excluding hydrogens is 272 g/mol. The number of nitrogens with zero attached hydrogens (tertiary/aromatic N) is 2. The van der Waals surface area contributed by atoms with Gasteiger partial charge in [-0.15, -0.1) is 0 Å². The van der Waals surface area contributed by atoms with E-state index in [0.29, 0.717) is 18.6 Å². The van der Waals surface area contributed by atoms with Crippen LogP contribution in [0.4, 0.5) is 0 Å². The van der Waals surface area contributed by atoms with Crippen LogP contribution in [0.2, 0.25) is 0 Å². The van der Waals surface area contributed by atoms with Gasteiger partial charge < -0.3 is 4.84 Å². The summed E-state index contributed by atoms with van der Waals surface area (Å²) in [4.78, 5) is 28.5. The van der Waals surface area contributed by atoms with Gasteiger partial charge in [0.1, 0.15) is 11.5 Å². The molecule has 0 unspecified atom stereocenters. The highest BCUT2D eigenvalue weighted by Crippen LogP contribution is 2.44. The summed E-state index contributed by atoms with van der Waals surface area (Å²) in [6, 6.07) is 8.57. The molecule has 0 bridgehead atoms. The maximum atomic E-state index is 12.1. The van der Waals surface area contributed by atoms with Crippen LogP contribution in [0, 0.1) is 10.1 Å². The first-order valence-electron chi connectivity index (χ1n) is 6.95. The zero-order valence-electron chi connectivity index (χ0n) is 11.7. The highest BCUT2D eigenvalue weighted by atomic mass is 16.7. The molecule has 0 aromatic heterocycles. The standard InChI is InChI=1S/C15H16N2O4/c1-10-14(17(19)20)15(21-16-10)8-12(7-13(18)9-15)11-5-3-2-4-6-11/h2-6,12,14H,7-9H2,1H3/t12-,14+,15-/m1/s1. The van der Waals surface area contributed by atoms with E-state index in [4.69, 9.17) is 4.84 Å². The van der Waals surface area contributed by atoms with Crippen molar-refractivity contribution >= 4 is 11.5 Å². The molecule has 1 fully saturated rings. The van der Waals surface area contributed by atoms with Gasteiger partial charge in [-0.25, -0.2) is 0 Å². The van der Waals surface area contributed by atoms with Crippen LogP contribution in [0.25, 0.3) is 0 Å². The number of nitro groups is 1. The zero-order chi connectivity index (χ0) is 15.0. The number of benzene rings is 1. The van der Waals surface area contributed by atoms with Gasteiger partial charge in [0.25, 0.3) is 6.04 Å². The lowest BCUT2D eigenvalue weighted by Crippen LogP contribution is -2.52. The fourth-order valence-corrected chi connectivity index (χ4v) is 3.47. The molecule has 1 aliphatic heterocycles. The van der Waals surface area contributed by atoms with Crippen molar-refractivity contribution in [2.45, 2.75) is 43.7 Å². The number of Topliss-reactive ketones (excluding diaryl/α,β-unsaturated/α-hetero) is 1. The van der Waals surface area contributed by atoms with Crippen molar-refractivity contribution in [3.8, 4) is 0 Å². The molecular formula is C15H16N2O4. The van der Waals surface area contributed by atoms with Crippen LogP contribution < -0.4 is 0 Å². The molecule has 0 radical (unpaired) electrons. The van der Waals surface area contributed by atoms with E-state index in [-0.39, 0.29) is 23.0 Å². The quantitative estimate of drug-likeness (QED) is 0.617. The van der Waals surface area contributed by atoms with Gasteiger partial charge in [0.15, 0.2) is 0 Å². The first-order chi connectivity index (χ1) is 10.0. The summed E-state index contributed by atoms with van der Waals surface area (Å²) in [7, 11) is 0. The summed E-state index contributed by atoms with van der Waals surface area (Å²) in [5.41, 5.74) is 0.227. The predicted octanol–water partition coefficient (Wildman–Crippen LogP) is 2.31. The number of hydrogen-bond donors (Lipinski definition) is 0. The summed E-state index contributed by atoms with van der Waals surface area (Å²) in [5.74, 6) is -0.0668. The van der Waals surface area contributed by atoms with Crippen molar-refractivity contribution in [3.05, 3.63) is 46.0 Å². The van der Waals surface area contributed by atoms with Crippen molar-refractivity contribution in [3.63, 3.8) is 0 Å². The Kier molecular flexibility index (Phi) is 3.23. The van der Waals surface area contributed by atoms with Gasteiger partial charge in [0, 0.05) is 17.8 Å². The maximum Gasteiger partial charge on any atom is 0.295 e. The lowest BCUT2D eigenvalue weighted by atomic mass is 9.71. The van der Waals surface area contributed by atoms with Gasteiger partial charge in [-0.2, -0.15) is 0 Å². The Morgan fingerprint density at radius 2 is 2.10 bits per heavy atom. The Labute approximate surface area is 121 Å². The van der Waals surface area contributed by atoms with Crippen molar-refractivity contribution in [1.29, 1.82) is 0 Å². The number of hydrogen-bond acceptors (Lipinski definition) is 5. The first kappa shape index (κ1) is 13.7. The van der Waals surface area contributed by atoms with Gasteiger partial charge in [-0.05, 0) is 18.4 Å². The van der Waals surface area contributed by atoms with E-state index < -0.39 is 11.6 Å². The van der Waals surface area contributed by atoms with E-state index in [1.54, 1.807) is 6.92 Å². The molecule has 2 aliphatic rings. The van der Waals surface area contributed by atoms with Crippen LogP contribution in [-0.2, 0) is 9.63 Å². The second-order valence-corrected chi connectivity index (χ2v) is 5.81.